The van der Waals surface area contributed by atoms with Crippen LogP contribution in [0.3, 0.4) is 0 Å². The minimum atomic E-state index is -0.958. The molecule has 26 nitrogen and oxygen atoms in total. The van der Waals surface area contributed by atoms with E-state index in [4.69, 9.17) is 18.9 Å². The van der Waals surface area contributed by atoms with Gasteiger partial charge in [0, 0.05) is 107 Å². The lowest BCUT2D eigenvalue weighted by molar-refractivity contribution is -0.148. The predicted molar refractivity (Wildman–Crippen MR) is 435 cm³/mol. The molecule has 2 aromatic rings. The molecule has 8 rings (SSSR count). The Kier molecular flexibility index (Phi) is 27.9. The molecule has 12 unspecified atom stereocenters. The van der Waals surface area contributed by atoms with Crippen molar-refractivity contribution >= 4 is 41.6 Å². The van der Waals surface area contributed by atoms with Crippen LogP contribution in [0.1, 0.15) is 356 Å². The lowest BCUT2D eigenvalue weighted by atomic mass is 9.61. The summed E-state index contributed by atoms with van der Waals surface area (Å²) in [7, 11) is 0. The van der Waals surface area contributed by atoms with Crippen LogP contribution in [0.2, 0.25) is 0 Å². The van der Waals surface area contributed by atoms with Crippen molar-refractivity contribution in [1.82, 2.24) is 43.4 Å². The molecule has 3 N–H and O–H groups in total. The monoisotopic (exact) mass is 1590 g/mol. The average Bonchev–Trinajstić information content (AvgIpc) is 0.733. The number of rotatable bonds is 29. The summed E-state index contributed by atoms with van der Waals surface area (Å²) in [4.78, 5) is 182. The first kappa shape index (κ1) is 91.6. The molecule has 0 spiro atoms. The van der Waals surface area contributed by atoms with Gasteiger partial charge in [0.1, 0.15) is 19.0 Å². The van der Waals surface area contributed by atoms with Crippen molar-refractivity contribution in [3.8, 4) is 0 Å². The smallest absolute Gasteiger partial charge is 0.465 e. The third kappa shape index (κ3) is 24.4. The SMILES string of the molecule is CC(=O)CCC1(C)CC(n2c(=O)n(C3CCCC(CCC(=O)OCC(C)(C)COC(=O)OCC(C)(C)COC(=O)CCC4(C)CC(n5c(=O)n(C6CC(C)(C)CC(C)(CNC(C)=O)C6)c(=O)n(C6CC(C)(C)CC(C)(CNC(C)=O)C6)c5=O)CC(C)(C)C4)C3)c(=O)n(C3CC(C)(C)CC(C)(CNC(C)=O)C3)c2=O)CC(C)(C)C1. The normalized spacial score (nSPS) is 30.1. The zero-order chi connectivity index (χ0) is 84.6. The molecule has 0 radical (unpaired) electrons. The first-order chi connectivity index (χ1) is 51.8. The largest absolute Gasteiger partial charge is 0.508 e. The minimum absolute atomic E-state index is 0.0201. The van der Waals surface area contributed by atoms with Gasteiger partial charge < -0.3 is 39.7 Å². The van der Waals surface area contributed by atoms with E-state index in [1.807, 2.05) is 0 Å². The second kappa shape index (κ2) is 34.4. The van der Waals surface area contributed by atoms with Crippen molar-refractivity contribution in [3.05, 3.63) is 62.9 Å². The summed E-state index contributed by atoms with van der Waals surface area (Å²) in [5.41, 5.74) is -9.58. The fourth-order valence-electron chi connectivity index (χ4n) is 23.0. The van der Waals surface area contributed by atoms with Gasteiger partial charge in [-0.15, -0.1) is 0 Å². The summed E-state index contributed by atoms with van der Waals surface area (Å²) >= 11 is 0. The molecule has 12 atom stereocenters. The molecule has 2 heterocycles. The van der Waals surface area contributed by atoms with Crippen molar-refractivity contribution < 1.29 is 52.5 Å². The van der Waals surface area contributed by atoms with Crippen molar-refractivity contribution in [2.24, 2.45) is 70.9 Å². The number of nitrogens with one attached hydrogen (secondary N) is 3. The van der Waals surface area contributed by atoms with Gasteiger partial charge in [0.25, 0.3) is 0 Å². The number of esters is 2. The maximum Gasteiger partial charge on any atom is 0.508 e. The van der Waals surface area contributed by atoms with Gasteiger partial charge >= 0.3 is 52.2 Å². The van der Waals surface area contributed by atoms with Gasteiger partial charge in [0.15, 0.2) is 0 Å². The van der Waals surface area contributed by atoms with Crippen LogP contribution in [0.25, 0.3) is 0 Å². The highest BCUT2D eigenvalue weighted by molar-refractivity contribution is 5.75. The molecule has 6 fully saturated rings. The van der Waals surface area contributed by atoms with Crippen LogP contribution in [0, 0.1) is 70.9 Å². The van der Waals surface area contributed by atoms with Crippen LogP contribution in [0.4, 0.5) is 4.79 Å². The number of ketones is 1. The second-order valence-corrected chi connectivity index (χ2v) is 44.1. The van der Waals surface area contributed by atoms with Gasteiger partial charge in [-0.05, 0) is 195 Å². The van der Waals surface area contributed by atoms with Crippen molar-refractivity contribution in [3.63, 3.8) is 0 Å². The topological polar surface area (TPSA) is 324 Å². The number of carbonyl (C=O) groups excluding carboxylic acids is 7. The molecular weight excluding hydrogens is 1440 g/mol. The summed E-state index contributed by atoms with van der Waals surface area (Å²) < 4.78 is 30.9. The molecule has 638 valence electrons. The quantitative estimate of drug-likeness (QED) is 0.0503. The molecule has 26 heteroatoms. The van der Waals surface area contributed by atoms with Crippen LogP contribution in [0.15, 0.2) is 28.8 Å². The second-order valence-electron chi connectivity index (χ2n) is 44.1. The molecule has 6 saturated carbocycles. The van der Waals surface area contributed by atoms with E-state index < -0.39 is 126 Å². The number of amides is 3. The number of hydrogen-bond donors (Lipinski definition) is 3. The minimum Gasteiger partial charge on any atom is -0.465 e. The van der Waals surface area contributed by atoms with Crippen molar-refractivity contribution in [2.75, 3.05) is 46.1 Å². The molecular formula is C87H143N9O17. The van der Waals surface area contributed by atoms with Crippen LogP contribution in [0.5, 0.6) is 0 Å². The maximum atomic E-state index is 15.6. The Balaban J connectivity index is 0.874. The zero-order valence-corrected chi connectivity index (χ0v) is 73.3. The predicted octanol–water partition coefficient (Wildman–Crippen LogP) is 13.5. The van der Waals surface area contributed by atoms with Crippen LogP contribution in [-0.2, 0) is 47.7 Å². The van der Waals surface area contributed by atoms with E-state index >= 15 is 28.8 Å². The molecule has 0 bridgehead atoms. The van der Waals surface area contributed by atoms with Gasteiger partial charge in [0.2, 0.25) is 17.7 Å². The Hall–Kier alpha value is -6.89. The van der Waals surface area contributed by atoms with Gasteiger partial charge in [-0.25, -0.2) is 61.0 Å². The van der Waals surface area contributed by atoms with Crippen molar-refractivity contribution in [1.29, 1.82) is 0 Å². The van der Waals surface area contributed by atoms with Crippen LogP contribution in [-0.4, -0.2) is 115 Å². The third-order valence-corrected chi connectivity index (χ3v) is 26.0. The fourth-order valence-corrected chi connectivity index (χ4v) is 23.0. The van der Waals surface area contributed by atoms with E-state index in [2.05, 4.69) is 120 Å². The summed E-state index contributed by atoms with van der Waals surface area (Å²) in [6.07, 6.45) is 11.6. The number of Topliss-reactive ketones (excluding diaryl/α,β-unsaturated/α-hetero) is 1. The number of carbonyl (C=O) groups is 7. The average molecular weight is 1590 g/mol. The highest BCUT2D eigenvalue weighted by Crippen LogP contribution is 2.56. The summed E-state index contributed by atoms with van der Waals surface area (Å²) in [5, 5.41) is 8.98. The Labute approximate surface area is 670 Å². The lowest BCUT2D eigenvalue weighted by Crippen LogP contribution is -2.60. The van der Waals surface area contributed by atoms with E-state index in [9.17, 15) is 33.6 Å². The Morgan fingerprint density at radius 2 is 0.619 bits per heavy atom. The Bertz CT molecular complexity index is 4050. The molecule has 0 aromatic carbocycles. The fraction of sp³-hybridized carbons (Fsp3) is 0.851. The van der Waals surface area contributed by atoms with E-state index in [0.29, 0.717) is 135 Å². The molecule has 6 aliphatic rings. The summed E-state index contributed by atoms with van der Waals surface area (Å²) in [6, 6.07) is -3.48. The lowest BCUT2D eigenvalue weighted by Gasteiger charge is -2.49. The van der Waals surface area contributed by atoms with Gasteiger partial charge in [0.05, 0.1) is 13.2 Å². The van der Waals surface area contributed by atoms with E-state index in [-0.39, 0.29) is 95.8 Å². The van der Waals surface area contributed by atoms with Crippen LogP contribution < -0.4 is 50.1 Å². The molecule has 3 amide bonds. The molecule has 6 aliphatic carbocycles. The Morgan fingerprint density at radius 3 is 0.920 bits per heavy atom. The van der Waals surface area contributed by atoms with Gasteiger partial charge in [-0.1, -0.05) is 144 Å². The first-order valence-corrected chi connectivity index (χ1v) is 42.1. The van der Waals surface area contributed by atoms with Gasteiger partial charge in [-0.2, -0.15) is 0 Å². The van der Waals surface area contributed by atoms with Gasteiger partial charge in [-0.3, -0.25) is 24.0 Å². The number of hydrogen-bond acceptors (Lipinski definition) is 17. The van der Waals surface area contributed by atoms with E-state index in [0.717, 1.165) is 32.1 Å². The summed E-state index contributed by atoms with van der Waals surface area (Å²) in [6.45, 7) is 45.3. The molecule has 2 aromatic heterocycles. The number of ether oxygens (including phenoxy) is 4. The summed E-state index contributed by atoms with van der Waals surface area (Å²) in [5.74, 6) is -1.44. The van der Waals surface area contributed by atoms with E-state index in [1.165, 1.54) is 48.2 Å². The molecule has 0 saturated heterocycles. The number of nitrogens with zero attached hydrogens (tertiary/aromatic N) is 6. The standard InChI is InChI=1S/C87H143N9O17/c1-56(97)29-31-83(19)39-62(34-76(5,6)44-83)92-69(103)91(70(104)94(71(92)105)64-36-78(9,10)46-85(21,41-64)49-88-57(2)98)61-26-24-25-60(33-61)27-28-67(101)110-52-81(15,16)54-112-75(109)113-55-82(17,18)53-111-68(102)30-32-84(20)40-63(35-77(7,8)45-84)93-72(106)95(65-37-79(11,12)47-86(22,42-65)50-89-58(3)99)74(108)96(73(93)107)66-38-80(13,14)48-87(23,43-66)51-90-59(4)100/h60-66H,24-55H2,1-23H3,(H,88,98)(H,89,99)(H,90,100). The zero-order valence-electron chi connectivity index (χ0n) is 73.3. The van der Waals surface area contributed by atoms with Crippen molar-refractivity contribution in [2.45, 2.75) is 356 Å². The molecule has 113 heavy (non-hydrogen) atoms. The number of aromatic nitrogens is 6. The highest BCUT2D eigenvalue weighted by atomic mass is 16.7. The first-order valence-electron chi connectivity index (χ1n) is 42.1. The Morgan fingerprint density at radius 1 is 0.354 bits per heavy atom. The highest BCUT2D eigenvalue weighted by Gasteiger charge is 2.51. The third-order valence-electron chi connectivity index (χ3n) is 26.0. The van der Waals surface area contributed by atoms with E-state index in [1.54, 1.807) is 34.6 Å². The molecule has 0 aliphatic heterocycles. The van der Waals surface area contributed by atoms with Crippen LogP contribution >= 0.6 is 0 Å². The maximum absolute atomic E-state index is 15.6.